The predicted molar refractivity (Wildman–Crippen MR) is 84.3 cm³/mol. The number of nitrogens with two attached hydrogens (primary N) is 1. The lowest BCUT2D eigenvalue weighted by Gasteiger charge is -2.12. The van der Waals surface area contributed by atoms with Gasteiger partial charge in [0.2, 0.25) is 5.91 Å². The van der Waals surface area contributed by atoms with Crippen molar-refractivity contribution in [1.82, 2.24) is 4.98 Å². The van der Waals surface area contributed by atoms with Crippen LogP contribution in [0.3, 0.4) is 0 Å². The smallest absolute Gasteiger partial charge is 0.229 e. The van der Waals surface area contributed by atoms with Crippen LogP contribution >= 0.6 is 11.3 Å². The van der Waals surface area contributed by atoms with Gasteiger partial charge in [-0.1, -0.05) is 17.7 Å². The fourth-order valence-corrected chi connectivity index (χ4v) is 3.15. The van der Waals surface area contributed by atoms with Crippen LogP contribution in [0.25, 0.3) is 0 Å². The van der Waals surface area contributed by atoms with Gasteiger partial charge < -0.3 is 11.1 Å². The van der Waals surface area contributed by atoms with Crippen LogP contribution in [0.1, 0.15) is 27.3 Å². The Kier molecular flexibility index (Phi) is 4.09. The number of hydrogen-bond donors (Lipinski definition) is 2. The van der Waals surface area contributed by atoms with Gasteiger partial charge in [-0.05, 0) is 38.8 Å². The topological polar surface area (TPSA) is 68.0 Å². The van der Waals surface area contributed by atoms with Crippen LogP contribution in [0.4, 0.5) is 10.8 Å². The average Bonchev–Trinajstić information content (AvgIpc) is 2.62. The zero-order valence-electron chi connectivity index (χ0n) is 12.2. The number of hydrogen-bond acceptors (Lipinski definition) is 4. The summed E-state index contributed by atoms with van der Waals surface area (Å²) in [6.45, 7) is 7.93. The second-order valence-corrected chi connectivity index (χ2v) is 6.17. The molecule has 0 radical (unpaired) electrons. The molecule has 0 spiro atoms. The first-order valence-corrected chi connectivity index (χ1v) is 7.28. The van der Waals surface area contributed by atoms with E-state index in [2.05, 4.69) is 29.4 Å². The van der Waals surface area contributed by atoms with E-state index in [1.165, 1.54) is 16.9 Å². The quantitative estimate of drug-likeness (QED) is 0.912. The summed E-state index contributed by atoms with van der Waals surface area (Å²) < 4.78 is 0. The van der Waals surface area contributed by atoms with Crippen LogP contribution in [0, 0.1) is 27.7 Å². The average molecular weight is 289 g/mol. The molecule has 0 saturated carbocycles. The fourth-order valence-electron chi connectivity index (χ4n) is 2.32. The third kappa shape index (κ3) is 3.17. The van der Waals surface area contributed by atoms with E-state index >= 15 is 0 Å². The molecule has 20 heavy (non-hydrogen) atoms. The van der Waals surface area contributed by atoms with Crippen LogP contribution < -0.4 is 11.1 Å². The third-order valence-electron chi connectivity index (χ3n) is 3.17. The lowest BCUT2D eigenvalue weighted by Crippen LogP contribution is -2.16. The van der Waals surface area contributed by atoms with Crippen molar-refractivity contribution in [3.8, 4) is 0 Å². The molecule has 3 N–H and O–H groups in total. The largest absolute Gasteiger partial charge is 0.375 e. The number of aryl methyl sites for hydroxylation is 4. The summed E-state index contributed by atoms with van der Waals surface area (Å²) in [5, 5.41) is 3.50. The summed E-state index contributed by atoms with van der Waals surface area (Å²) in [7, 11) is 0. The third-order valence-corrected chi connectivity index (χ3v) is 4.16. The zero-order valence-corrected chi connectivity index (χ0v) is 13.0. The Balaban J connectivity index is 2.15. The van der Waals surface area contributed by atoms with Gasteiger partial charge in [-0.15, -0.1) is 11.3 Å². The SMILES string of the molecule is Cc1cc(C)c(NC(=O)Cc2sc(N)nc2C)c(C)c1. The number of anilines is 2. The molecule has 2 aromatic rings. The first-order chi connectivity index (χ1) is 9.36. The summed E-state index contributed by atoms with van der Waals surface area (Å²) in [5.41, 5.74) is 10.7. The molecule has 1 amide bonds. The lowest BCUT2D eigenvalue weighted by atomic mass is 10.0. The van der Waals surface area contributed by atoms with Gasteiger partial charge in [-0.2, -0.15) is 0 Å². The molecule has 0 aliphatic carbocycles. The minimum absolute atomic E-state index is 0.0354. The van der Waals surface area contributed by atoms with Gasteiger partial charge in [0.1, 0.15) is 0 Å². The Morgan fingerprint density at radius 1 is 1.25 bits per heavy atom. The molecular formula is C15H19N3OS. The molecule has 0 aliphatic rings. The number of carbonyl (C=O) groups excluding carboxylic acids is 1. The van der Waals surface area contributed by atoms with Crippen molar-refractivity contribution >= 4 is 28.1 Å². The Labute approximate surface area is 123 Å². The summed E-state index contributed by atoms with van der Waals surface area (Å²) in [6, 6.07) is 4.14. The Morgan fingerprint density at radius 2 is 1.85 bits per heavy atom. The van der Waals surface area contributed by atoms with E-state index in [4.69, 9.17) is 5.73 Å². The number of nitrogens with one attached hydrogen (secondary N) is 1. The van der Waals surface area contributed by atoms with Crippen molar-refractivity contribution in [3.05, 3.63) is 39.4 Å². The second-order valence-electron chi connectivity index (χ2n) is 5.06. The van der Waals surface area contributed by atoms with Crippen LogP contribution in [0.15, 0.2) is 12.1 Å². The highest BCUT2D eigenvalue weighted by molar-refractivity contribution is 7.15. The van der Waals surface area contributed by atoms with E-state index < -0.39 is 0 Å². The highest BCUT2D eigenvalue weighted by Crippen LogP contribution is 2.24. The minimum Gasteiger partial charge on any atom is -0.375 e. The van der Waals surface area contributed by atoms with Crippen LogP contribution in [0.2, 0.25) is 0 Å². The van der Waals surface area contributed by atoms with Crippen LogP contribution in [-0.4, -0.2) is 10.9 Å². The highest BCUT2D eigenvalue weighted by Gasteiger charge is 2.13. The van der Waals surface area contributed by atoms with Gasteiger partial charge in [0.15, 0.2) is 5.13 Å². The summed E-state index contributed by atoms with van der Waals surface area (Å²) in [4.78, 5) is 17.2. The molecule has 0 fully saturated rings. The first-order valence-electron chi connectivity index (χ1n) is 6.46. The molecule has 0 atom stereocenters. The number of thiazole rings is 1. The summed E-state index contributed by atoms with van der Waals surface area (Å²) in [6.07, 6.45) is 0.313. The predicted octanol–water partition coefficient (Wildman–Crippen LogP) is 3.14. The fraction of sp³-hybridized carbons (Fsp3) is 0.333. The Morgan fingerprint density at radius 3 is 2.35 bits per heavy atom. The van der Waals surface area contributed by atoms with Gasteiger partial charge in [-0.25, -0.2) is 4.98 Å². The number of aromatic nitrogens is 1. The van der Waals surface area contributed by atoms with Crippen molar-refractivity contribution in [3.63, 3.8) is 0 Å². The van der Waals surface area contributed by atoms with E-state index in [9.17, 15) is 4.79 Å². The number of carbonyl (C=O) groups is 1. The number of nitrogen functional groups attached to an aromatic ring is 1. The molecule has 0 aliphatic heterocycles. The van der Waals surface area contributed by atoms with Crippen molar-refractivity contribution in [2.75, 3.05) is 11.1 Å². The van der Waals surface area contributed by atoms with Gasteiger partial charge in [-0.3, -0.25) is 4.79 Å². The molecule has 0 saturated heterocycles. The van der Waals surface area contributed by atoms with Gasteiger partial charge >= 0.3 is 0 Å². The second kappa shape index (κ2) is 5.63. The molecule has 1 aromatic heterocycles. The molecule has 5 heteroatoms. The molecule has 1 aromatic carbocycles. The molecule has 0 unspecified atom stereocenters. The Bertz CT molecular complexity index is 638. The first kappa shape index (κ1) is 14.5. The number of nitrogens with zero attached hydrogens (tertiary/aromatic N) is 1. The summed E-state index contributed by atoms with van der Waals surface area (Å²) in [5.74, 6) is -0.0354. The number of rotatable bonds is 3. The van der Waals surface area contributed by atoms with Crippen molar-refractivity contribution in [2.24, 2.45) is 0 Å². The van der Waals surface area contributed by atoms with Crippen LogP contribution in [0.5, 0.6) is 0 Å². The minimum atomic E-state index is -0.0354. The molecular weight excluding hydrogens is 270 g/mol. The lowest BCUT2D eigenvalue weighted by molar-refractivity contribution is -0.115. The molecule has 106 valence electrons. The molecule has 0 bridgehead atoms. The summed E-state index contributed by atoms with van der Waals surface area (Å²) >= 11 is 1.37. The van der Waals surface area contributed by atoms with Crippen molar-refractivity contribution in [2.45, 2.75) is 34.1 Å². The maximum Gasteiger partial charge on any atom is 0.229 e. The van der Waals surface area contributed by atoms with E-state index in [1.54, 1.807) is 0 Å². The van der Waals surface area contributed by atoms with Gasteiger partial charge in [0.25, 0.3) is 0 Å². The van der Waals surface area contributed by atoms with E-state index in [1.807, 2.05) is 20.8 Å². The Hall–Kier alpha value is -1.88. The van der Waals surface area contributed by atoms with Crippen molar-refractivity contribution < 1.29 is 4.79 Å². The van der Waals surface area contributed by atoms with E-state index in [0.29, 0.717) is 11.6 Å². The number of amides is 1. The highest BCUT2D eigenvalue weighted by atomic mass is 32.1. The maximum absolute atomic E-state index is 12.2. The van der Waals surface area contributed by atoms with Crippen molar-refractivity contribution in [1.29, 1.82) is 0 Å². The molecule has 4 nitrogen and oxygen atoms in total. The van der Waals surface area contributed by atoms with Gasteiger partial charge in [0, 0.05) is 10.6 Å². The maximum atomic E-state index is 12.2. The normalized spacial score (nSPS) is 10.6. The molecule has 1 heterocycles. The van der Waals surface area contributed by atoms with Crippen LogP contribution in [-0.2, 0) is 11.2 Å². The molecule has 2 rings (SSSR count). The van der Waals surface area contributed by atoms with Gasteiger partial charge in [0.05, 0.1) is 12.1 Å². The van der Waals surface area contributed by atoms with E-state index in [-0.39, 0.29) is 5.91 Å². The standard InChI is InChI=1S/C15H19N3OS/c1-8-5-9(2)14(10(3)6-8)18-13(19)7-12-11(4)17-15(16)20-12/h5-6H,7H2,1-4H3,(H2,16,17)(H,18,19). The van der Waals surface area contributed by atoms with E-state index in [0.717, 1.165) is 27.4 Å². The monoisotopic (exact) mass is 289 g/mol. The number of benzene rings is 1. The zero-order chi connectivity index (χ0) is 14.9.